The molecule has 1 N–H and O–H groups in total. The van der Waals surface area contributed by atoms with Crippen LogP contribution in [0.25, 0.3) is 54.7 Å². The van der Waals surface area contributed by atoms with Gasteiger partial charge in [0.15, 0.2) is 5.54 Å². The molecule has 0 bridgehead atoms. The Labute approximate surface area is 240 Å². The Kier molecular flexibility index (Phi) is 4.58. The minimum atomic E-state index is -1.38. The predicted octanol–water partition coefficient (Wildman–Crippen LogP) is 6.91. The van der Waals surface area contributed by atoms with Crippen LogP contribution < -0.4 is 4.57 Å². The van der Waals surface area contributed by atoms with Gasteiger partial charge in [0, 0.05) is 30.5 Å². The van der Waals surface area contributed by atoms with Crippen LogP contribution in [0.15, 0.2) is 73.1 Å². The first-order valence-corrected chi connectivity index (χ1v) is 14.5. The summed E-state index contributed by atoms with van der Waals surface area (Å²) in [5.41, 5.74) is 5.61. The van der Waals surface area contributed by atoms with Crippen molar-refractivity contribution in [3.8, 4) is 11.3 Å². The third-order valence-electron chi connectivity index (χ3n) is 10.5. The molecule has 41 heavy (non-hydrogen) atoms. The number of fused-ring (bicyclic) bond motifs is 14. The van der Waals surface area contributed by atoms with Gasteiger partial charge in [-0.3, -0.25) is 0 Å². The predicted molar refractivity (Wildman–Crippen MR) is 165 cm³/mol. The molecule has 4 aromatic carbocycles. The van der Waals surface area contributed by atoms with Crippen molar-refractivity contribution in [1.82, 2.24) is 9.55 Å². The SMILES string of the molecule is COC1(O)C2(C)c3ccc4c(CC(C)(C)C)cccc4c3-c3c4c5ccc6ccccc6c5n(C)c4nc[n+]3C12C. The van der Waals surface area contributed by atoms with Crippen LogP contribution in [0.5, 0.6) is 0 Å². The summed E-state index contributed by atoms with van der Waals surface area (Å²) in [4.78, 5) is 5.07. The zero-order valence-corrected chi connectivity index (χ0v) is 24.8. The van der Waals surface area contributed by atoms with Crippen molar-refractivity contribution in [3.63, 3.8) is 0 Å². The summed E-state index contributed by atoms with van der Waals surface area (Å²) in [6.07, 6.45) is 2.90. The summed E-state index contributed by atoms with van der Waals surface area (Å²) < 4.78 is 10.4. The lowest BCUT2D eigenvalue weighted by Crippen LogP contribution is -2.55. The molecule has 0 amide bonds. The molecule has 0 saturated heterocycles. The van der Waals surface area contributed by atoms with Gasteiger partial charge in [-0.1, -0.05) is 87.5 Å². The minimum absolute atomic E-state index is 0.155. The summed E-state index contributed by atoms with van der Waals surface area (Å²) in [6, 6.07) is 24.2. The second kappa shape index (κ2) is 7.53. The Bertz CT molecular complexity index is 2120. The molecule has 2 aliphatic rings. The van der Waals surface area contributed by atoms with Crippen LogP contribution in [0, 0.1) is 5.41 Å². The molecule has 6 aromatic rings. The smallest absolute Gasteiger partial charge is 0.290 e. The van der Waals surface area contributed by atoms with Gasteiger partial charge in [0.25, 0.3) is 12.0 Å². The van der Waals surface area contributed by atoms with Crippen LogP contribution in [0.3, 0.4) is 0 Å². The Hall–Kier alpha value is -3.80. The number of rotatable bonds is 2. The van der Waals surface area contributed by atoms with Gasteiger partial charge < -0.3 is 14.4 Å². The van der Waals surface area contributed by atoms with E-state index in [4.69, 9.17) is 9.72 Å². The van der Waals surface area contributed by atoms with Gasteiger partial charge in [-0.05, 0) is 58.0 Å². The van der Waals surface area contributed by atoms with Crippen LogP contribution in [0.4, 0.5) is 0 Å². The minimum Gasteiger partial charge on any atom is -0.361 e. The van der Waals surface area contributed by atoms with Gasteiger partial charge >= 0.3 is 0 Å². The van der Waals surface area contributed by atoms with E-state index >= 15 is 0 Å². The maximum atomic E-state index is 12.1. The molecular weight excluding hydrogens is 506 g/mol. The molecular formula is C36H36N3O2+. The number of ether oxygens (including phenoxy) is 1. The van der Waals surface area contributed by atoms with Gasteiger partial charge in [0.1, 0.15) is 16.5 Å². The van der Waals surface area contributed by atoms with Gasteiger partial charge in [-0.2, -0.15) is 0 Å². The first-order chi connectivity index (χ1) is 19.5. The van der Waals surface area contributed by atoms with E-state index in [1.165, 1.54) is 43.6 Å². The summed E-state index contributed by atoms with van der Waals surface area (Å²) in [5.74, 6) is -1.38. The van der Waals surface area contributed by atoms with E-state index in [9.17, 15) is 5.11 Å². The van der Waals surface area contributed by atoms with E-state index in [0.717, 1.165) is 28.7 Å². The molecule has 3 heterocycles. The van der Waals surface area contributed by atoms with Crippen molar-refractivity contribution in [3.05, 3.63) is 84.2 Å². The molecule has 1 aliphatic heterocycles. The zero-order valence-electron chi connectivity index (χ0n) is 24.8. The number of aromatic nitrogens is 3. The summed E-state index contributed by atoms with van der Waals surface area (Å²) in [6.45, 7) is 11.1. The monoisotopic (exact) mass is 542 g/mol. The largest absolute Gasteiger partial charge is 0.361 e. The van der Waals surface area contributed by atoms with Crippen LogP contribution in [-0.4, -0.2) is 27.6 Å². The summed E-state index contributed by atoms with van der Waals surface area (Å²) in [5, 5.41) is 19.3. The number of benzene rings is 4. The van der Waals surface area contributed by atoms with Crippen molar-refractivity contribution in [2.75, 3.05) is 7.11 Å². The van der Waals surface area contributed by atoms with Crippen LogP contribution in [-0.2, 0) is 29.2 Å². The molecule has 3 atom stereocenters. The number of nitrogens with zero attached hydrogens (tertiary/aromatic N) is 3. The molecule has 1 saturated carbocycles. The van der Waals surface area contributed by atoms with Gasteiger partial charge in [-0.15, -0.1) is 0 Å². The Morgan fingerprint density at radius 2 is 1.63 bits per heavy atom. The molecule has 3 unspecified atom stereocenters. The molecule has 206 valence electrons. The Morgan fingerprint density at radius 1 is 0.902 bits per heavy atom. The highest BCUT2D eigenvalue weighted by atomic mass is 16.6. The van der Waals surface area contributed by atoms with Crippen LogP contribution in [0.2, 0.25) is 0 Å². The molecule has 5 nitrogen and oxygen atoms in total. The fraction of sp³-hybridized carbons (Fsp3) is 0.333. The average molecular weight is 543 g/mol. The van der Waals surface area contributed by atoms with E-state index in [2.05, 4.69) is 118 Å². The molecule has 1 aliphatic carbocycles. The molecule has 2 aromatic heterocycles. The van der Waals surface area contributed by atoms with E-state index in [0.29, 0.717) is 0 Å². The number of aliphatic hydroxyl groups is 1. The summed E-state index contributed by atoms with van der Waals surface area (Å²) in [7, 11) is 3.73. The standard InChI is InChI=1S/C36H36N3O2/c1-33(2,3)19-22-12-10-14-25-23(22)17-18-27-28(25)31-29-26-16-15-21-11-8-9-13-24(21)30(26)38(6)32(29)37-20-39(31)35(5)34(27,4)36(35,40)41-7/h8-18,20,40H,19H2,1-7H3/q+1. The first kappa shape index (κ1) is 25.0. The highest BCUT2D eigenvalue weighted by molar-refractivity contribution is 6.21. The maximum Gasteiger partial charge on any atom is 0.290 e. The fourth-order valence-corrected chi connectivity index (χ4v) is 8.37. The quantitative estimate of drug-likeness (QED) is 0.191. The van der Waals surface area contributed by atoms with Crippen LogP contribution in [0.1, 0.15) is 45.7 Å². The van der Waals surface area contributed by atoms with E-state index in [1.807, 2.05) is 6.33 Å². The van der Waals surface area contributed by atoms with Gasteiger partial charge in [0.2, 0.25) is 5.79 Å². The van der Waals surface area contributed by atoms with Gasteiger partial charge in [0.05, 0.1) is 5.52 Å². The second-order valence-corrected chi connectivity index (χ2v) is 13.7. The Balaban J connectivity index is 1.59. The van der Waals surface area contributed by atoms with Crippen molar-refractivity contribution in [1.29, 1.82) is 0 Å². The van der Waals surface area contributed by atoms with E-state index < -0.39 is 16.7 Å². The fourth-order valence-electron chi connectivity index (χ4n) is 8.37. The highest BCUT2D eigenvalue weighted by Gasteiger charge is 2.91. The normalized spacial score (nSPS) is 25.1. The van der Waals surface area contributed by atoms with E-state index in [1.54, 1.807) is 7.11 Å². The Morgan fingerprint density at radius 3 is 2.39 bits per heavy atom. The average Bonchev–Trinajstić information content (AvgIpc) is 3.19. The maximum absolute atomic E-state index is 12.1. The molecule has 5 heteroatoms. The number of hydrogen-bond donors (Lipinski definition) is 1. The van der Waals surface area contributed by atoms with E-state index in [-0.39, 0.29) is 5.41 Å². The molecule has 8 rings (SSSR count). The second-order valence-electron chi connectivity index (χ2n) is 13.7. The van der Waals surface area contributed by atoms with Gasteiger partial charge in [-0.25, -0.2) is 4.57 Å². The lowest BCUT2D eigenvalue weighted by atomic mass is 9.79. The number of aryl methyl sites for hydroxylation is 1. The zero-order chi connectivity index (χ0) is 28.7. The lowest BCUT2D eigenvalue weighted by molar-refractivity contribution is -0.743. The number of hydrogen-bond acceptors (Lipinski definition) is 3. The highest BCUT2D eigenvalue weighted by Crippen LogP contribution is 2.72. The third-order valence-corrected chi connectivity index (χ3v) is 10.5. The van der Waals surface area contributed by atoms with Crippen molar-refractivity contribution >= 4 is 43.5 Å². The number of methoxy groups -OCH3 is 1. The summed E-state index contributed by atoms with van der Waals surface area (Å²) >= 11 is 0. The van der Waals surface area contributed by atoms with Crippen molar-refractivity contribution in [2.45, 2.75) is 57.8 Å². The molecule has 1 fully saturated rings. The van der Waals surface area contributed by atoms with Crippen LogP contribution >= 0.6 is 0 Å². The third kappa shape index (κ3) is 2.70. The van der Waals surface area contributed by atoms with Crippen molar-refractivity contribution < 1.29 is 14.4 Å². The lowest BCUT2D eigenvalue weighted by Gasteiger charge is -2.28. The van der Waals surface area contributed by atoms with Crippen molar-refractivity contribution in [2.24, 2.45) is 12.5 Å². The molecule has 0 spiro atoms. The molecule has 0 radical (unpaired) electrons. The first-order valence-electron chi connectivity index (χ1n) is 14.5. The topological polar surface area (TPSA) is 51.2 Å².